The van der Waals surface area contributed by atoms with E-state index in [1.165, 1.54) is 11.1 Å². The van der Waals surface area contributed by atoms with Gasteiger partial charge in [0.25, 0.3) is 0 Å². The first-order valence-corrected chi connectivity index (χ1v) is 7.54. The summed E-state index contributed by atoms with van der Waals surface area (Å²) >= 11 is 0. The number of benzene rings is 1. The summed E-state index contributed by atoms with van der Waals surface area (Å²) in [5, 5.41) is 0. The maximum atomic E-state index is 5.51. The van der Waals surface area contributed by atoms with E-state index >= 15 is 0 Å². The number of ether oxygens (including phenoxy) is 2. The van der Waals surface area contributed by atoms with Crippen molar-refractivity contribution < 1.29 is 9.47 Å². The van der Waals surface area contributed by atoms with E-state index in [0.29, 0.717) is 6.61 Å². The molecule has 0 bridgehead atoms. The van der Waals surface area contributed by atoms with Crippen LogP contribution in [0.25, 0.3) is 6.08 Å². The van der Waals surface area contributed by atoms with Crippen molar-refractivity contribution in [3.8, 4) is 11.5 Å². The van der Waals surface area contributed by atoms with Crippen molar-refractivity contribution in [1.29, 1.82) is 0 Å². The minimum absolute atomic E-state index is 0.171. The van der Waals surface area contributed by atoms with E-state index in [9.17, 15) is 0 Å². The number of aromatic nitrogens is 1. The van der Waals surface area contributed by atoms with Crippen LogP contribution >= 0.6 is 0 Å². The molecule has 3 nitrogen and oxygen atoms in total. The molecule has 0 aliphatic carbocycles. The predicted octanol–water partition coefficient (Wildman–Crippen LogP) is 4.58. The van der Waals surface area contributed by atoms with Crippen molar-refractivity contribution in [3.63, 3.8) is 0 Å². The maximum Gasteiger partial charge on any atom is 0.161 e. The Morgan fingerprint density at radius 3 is 2.59 bits per heavy atom. The molecule has 0 N–H and O–H groups in total. The third kappa shape index (κ3) is 4.35. The SMILES string of the molecule is C/C=C/c1cnc(C)c(C)c1.CC1COc2ccccc2O1. The molecule has 0 saturated heterocycles. The monoisotopic (exact) mass is 297 g/mol. The van der Waals surface area contributed by atoms with Crippen molar-refractivity contribution >= 4 is 6.08 Å². The van der Waals surface area contributed by atoms with Gasteiger partial charge in [0.1, 0.15) is 12.7 Å². The molecule has 1 aromatic heterocycles. The first kappa shape index (κ1) is 16.1. The van der Waals surface area contributed by atoms with E-state index in [4.69, 9.17) is 9.47 Å². The topological polar surface area (TPSA) is 31.4 Å². The fraction of sp³-hybridized carbons (Fsp3) is 0.316. The normalized spacial score (nSPS) is 16.1. The van der Waals surface area contributed by atoms with Gasteiger partial charge in [-0.3, -0.25) is 4.98 Å². The van der Waals surface area contributed by atoms with Gasteiger partial charge in [0.05, 0.1) is 0 Å². The van der Waals surface area contributed by atoms with E-state index in [1.807, 2.05) is 57.3 Å². The minimum atomic E-state index is 0.171. The van der Waals surface area contributed by atoms with Crippen LogP contribution in [0.3, 0.4) is 0 Å². The maximum absolute atomic E-state index is 5.51. The number of hydrogen-bond donors (Lipinski definition) is 0. The van der Waals surface area contributed by atoms with Crippen LogP contribution in [0.5, 0.6) is 11.5 Å². The van der Waals surface area contributed by atoms with Gasteiger partial charge >= 0.3 is 0 Å². The molecule has 0 saturated carbocycles. The first-order valence-electron chi connectivity index (χ1n) is 7.54. The number of hydrogen-bond acceptors (Lipinski definition) is 3. The van der Waals surface area contributed by atoms with Crippen LogP contribution in [0.2, 0.25) is 0 Å². The molecule has 1 unspecified atom stereocenters. The predicted molar refractivity (Wildman–Crippen MR) is 90.4 cm³/mol. The molecule has 116 valence electrons. The van der Waals surface area contributed by atoms with E-state index in [2.05, 4.69) is 24.1 Å². The van der Waals surface area contributed by atoms with Crippen molar-refractivity contribution in [2.75, 3.05) is 6.61 Å². The number of fused-ring (bicyclic) bond motifs is 1. The second-order valence-electron chi connectivity index (χ2n) is 5.36. The van der Waals surface area contributed by atoms with Crippen molar-refractivity contribution in [2.24, 2.45) is 0 Å². The summed E-state index contributed by atoms with van der Waals surface area (Å²) in [5.41, 5.74) is 3.54. The summed E-state index contributed by atoms with van der Waals surface area (Å²) in [6, 6.07) is 9.87. The van der Waals surface area contributed by atoms with Crippen LogP contribution in [0.4, 0.5) is 0 Å². The molecule has 0 amide bonds. The van der Waals surface area contributed by atoms with Gasteiger partial charge in [0.15, 0.2) is 11.5 Å². The molecule has 1 aliphatic heterocycles. The zero-order valence-corrected chi connectivity index (χ0v) is 13.7. The molecule has 0 spiro atoms. The lowest BCUT2D eigenvalue weighted by atomic mass is 10.1. The van der Waals surface area contributed by atoms with Gasteiger partial charge in [-0.05, 0) is 57.0 Å². The third-order valence-corrected chi connectivity index (χ3v) is 3.37. The molecule has 2 heterocycles. The Bertz CT molecular complexity index is 650. The summed E-state index contributed by atoms with van der Waals surface area (Å²) in [6.07, 6.45) is 6.14. The Morgan fingerprint density at radius 2 is 1.91 bits per heavy atom. The van der Waals surface area contributed by atoms with Crippen molar-refractivity contribution in [2.45, 2.75) is 33.8 Å². The number of pyridine rings is 1. The lowest BCUT2D eigenvalue weighted by Crippen LogP contribution is -2.25. The van der Waals surface area contributed by atoms with Gasteiger partial charge < -0.3 is 9.47 Å². The largest absolute Gasteiger partial charge is 0.486 e. The van der Waals surface area contributed by atoms with Crippen LogP contribution in [0.1, 0.15) is 30.7 Å². The zero-order chi connectivity index (χ0) is 15.9. The molecule has 0 radical (unpaired) electrons. The fourth-order valence-corrected chi connectivity index (χ4v) is 2.07. The number of rotatable bonds is 1. The highest BCUT2D eigenvalue weighted by atomic mass is 16.6. The molecule has 1 atom stereocenters. The van der Waals surface area contributed by atoms with Gasteiger partial charge in [-0.15, -0.1) is 0 Å². The molecule has 3 heteroatoms. The number of allylic oxidation sites excluding steroid dienone is 1. The van der Waals surface area contributed by atoms with Gasteiger partial charge in [-0.2, -0.15) is 0 Å². The summed E-state index contributed by atoms with van der Waals surface area (Å²) < 4.78 is 10.9. The van der Waals surface area contributed by atoms with E-state index < -0.39 is 0 Å². The number of aryl methyl sites for hydroxylation is 2. The lowest BCUT2D eigenvalue weighted by Gasteiger charge is -2.23. The first-order chi connectivity index (χ1) is 10.6. The van der Waals surface area contributed by atoms with Gasteiger partial charge in [0, 0.05) is 11.9 Å². The molecule has 1 aromatic carbocycles. The molecular formula is C19H23NO2. The second-order valence-corrected chi connectivity index (χ2v) is 5.36. The molecule has 3 rings (SSSR count). The van der Waals surface area contributed by atoms with Gasteiger partial charge in [-0.1, -0.05) is 24.3 Å². The highest BCUT2D eigenvalue weighted by Gasteiger charge is 2.15. The standard InChI is InChI=1S/C10H13N.C9H10O2/c1-4-5-10-6-8(2)9(3)11-7-10;1-7-6-10-8-4-2-3-5-9(8)11-7/h4-7H,1-3H3;2-5,7H,6H2,1H3/b5-4+;. The smallest absolute Gasteiger partial charge is 0.161 e. The van der Waals surface area contributed by atoms with Crippen LogP contribution in [-0.2, 0) is 0 Å². The van der Waals surface area contributed by atoms with Gasteiger partial charge in [-0.25, -0.2) is 0 Å². The Hall–Kier alpha value is -2.29. The molecular weight excluding hydrogens is 274 g/mol. The Labute approximate surface area is 132 Å². The van der Waals surface area contributed by atoms with Crippen LogP contribution in [0.15, 0.2) is 42.6 Å². The Kier molecular flexibility index (Phi) is 5.59. The van der Waals surface area contributed by atoms with Crippen LogP contribution < -0.4 is 9.47 Å². The van der Waals surface area contributed by atoms with Gasteiger partial charge in [0.2, 0.25) is 0 Å². The summed E-state index contributed by atoms with van der Waals surface area (Å²) in [6.45, 7) is 8.76. The quantitative estimate of drug-likeness (QED) is 0.772. The van der Waals surface area contributed by atoms with Crippen LogP contribution in [-0.4, -0.2) is 17.7 Å². The van der Waals surface area contributed by atoms with Crippen LogP contribution in [0, 0.1) is 13.8 Å². The zero-order valence-electron chi connectivity index (χ0n) is 13.7. The van der Waals surface area contributed by atoms with E-state index in [1.54, 1.807) is 0 Å². The van der Waals surface area contributed by atoms with Crippen molar-refractivity contribution in [1.82, 2.24) is 4.98 Å². The molecule has 2 aromatic rings. The molecule has 0 fully saturated rings. The Balaban J connectivity index is 0.000000160. The van der Waals surface area contributed by atoms with Crippen molar-refractivity contribution in [3.05, 3.63) is 59.4 Å². The number of para-hydroxylation sites is 2. The fourth-order valence-electron chi connectivity index (χ4n) is 2.07. The minimum Gasteiger partial charge on any atom is -0.486 e. The summed E-state index contributed by atoms with van der Waals surface area (Å²) in [5.74, 6) is 1.71. The molecule has 1 aliphatic rings. The third-order valence-electron chi connectivity index (χ3n) is 3.37. The highest BCUT2D eigenvalue weighted by Crippen LogP contribution is 2.30. The second kappa shape index (κ2) is 7.64. The highest BCUT2D eigenvalue weighted by molar-refractivity contribution is 5.48. The molecule has 22 heavy (non-hydrogen) atoms. The average molecular weight is 297 g/mol. The summed E-state index contributed by atoms with van der Waals surface area (Å²) in [4.78, 5) is 4.25. The van der Waals surface area contributed by atoms with E-state index in [0.717, 1.165) is 17.2 Å². The lowest BCUT2D eigenvalue weighted by molar-refractivity contribution is 0.104. The van der Waals surface area contributed by atoms with E-state index in [-0.39, 0.29) is 6.10 Å². The summed E-state index contributed by atoms with van der Waals surface area (Å²) in [7, 11) is 0. The Morgan fingerprint density at radius 1 is 1.18 bits per heavy atom. The average Bonchev–Trinajstić information content (AvgIpc) is 2.52. The number of nitrogens with zero attached hydrogens (tertiary/aromatic N) is 1.